The van der Waals surface area contributed by atoms with Crippen molar-refractivity contribution in [3.63, 3.8) is 0 Å². The van der Waals surface area contributed by atoms with Crippen molar-refractivity contribution in [3.05, 3.63) is 12.2 Å². The van der Waals surface area contributed by atoms with Crippen LogP contribution in [0.15, 0.2) is 6.33 Å². The fourth-order valence-electron chi connectivity index (χ4n) is 2.51. The first-order valence-corrected chi connectivity index (χ1v) is 6.65. The number of carbonyl (C=O) groups is 1. The van der Waals surface area contributed by atoms with E-state index in [0.29, 0.717) is 6.04 Å². The quantitative estimate of drug-likeness (QED) is 0.819. The van der Waals surface area contributed by atoms with E-state index in [-0.39, 0.29) is 18.3 Å². The van der Waals surface area contributed by atoms with Crippen LogP contribution in [0.3, 0.4) is 0 Å². The molecule has 102 valence electrons. The van der Waals surface area contributed by atoms with Gasteiger partial charge in [-0.15, -0.1) is 5.10 Å². The van der Waals surface area contributed by atoms with Gasteiger partial charge in [0.1, 0.15) is 18.9 Å². The molecule has 0 aromatic carbocycles. The largest absolute Gasteiger partial charge is 0.341 e. The highest BCUT2D eigenvalue weighted by Gasteiger charge is 2.24. The molecule has 0 saturated heterocycles. The highest BCUT2D eigenvalue weighted by atomic mass is 16.2. The van der Waals surface area contributed by atoms with E-state index in [1.54, 1.807) is 0 Å². The molecule has 0 N–H and O–H groups in total. The zero-order valence-corrected chi connectivity index (χ0v) is 11.4. The summed E-state index contributed by atoms with van der Waals surface area (Å²) < 4.78 is 1.42. The molecule has 1 saturated carbocycles. The molecular formula is C13H19N5O. The molecule has 0 aliphatic heterocycles. The van der Waals surface area contributed by atoms with E-state index >= 15 is 0 Å². The van der Waals surface area contributed by atoms with E-state index in [9.17, 15) is 4.79 Å². The van der Waals surface area contributed by atoms with E-state index < -0.39 is 0 Å². The molecule has 6 nitrogen and oxygen atoms in total. The van der Waals surface area contributed by atoms with Crippen molar-refractivity contribution < 1.29 is 4.79 Å². The normalized spacial score (nSPS) is 22.8. The van der Waals surface area contributed by atoms with Crippen LogP contribution in [0.1, 0.15) is 38.4 Å². The van der Waals surface area contributed by atoms with Crippen molar-refractivity contribution in [2.24, 2.45) is 5.92 Å². The second-order valence-corrected chi connectivity index (χ2v) is 5.30. The van der Waals surface area contributed by atoms with Gasteiger partial charge in [0.2, 0.25) is 5.91 Å². The van der Waals surface area contributed by atoms with Gasteiger partial charge in [0.05, 0.1) is 0 Å². The highest BCUT2D eigenvalue weighted by molar-refractivity contribution is 5.75. The third-order valence-electron chi connectivity index (χ3n) is 3.86. The molecule has 0 unspecified atom stereocenters. The molecular weight excluding hydrogens is 242 g/mol. The van der Waals surface area contributed by atoms with Crippen LogP contribution in [0.2, 0.25) is 0 Å². The van der Waals surface area contributed by atoms with Crippen molar-refractivity contribution >= 4 is 5.91 Å². The lowest BCUT2D eigenvalue weighted by atomic mass is 9.87. The Morgan fingerprint density at radius 1 is 1.53 bits per heavy atom. The summed E-state index contributed by atoms with van der Waals surface area (Å²) in [5.41, 5.74) is 0. The standard InChI is InChI=1S/C13H19N5O/c1-10-3-5-11(6-4-10)17(2)13(19)8-18-9-15-12(7-14)16-18/h9-11H,3-6,8H2,1-2H3. The first kappa shape index (κ1) is 13.5. The number of aromatic nitrogens is 3. The summed E-state index contributed by atoms with van der Waals surface area (Å²) in [4.78, 5) is 17.8. The molecule has 0 radical (unpaired) electrons. The minimum absolute atomic E-state index is 0.0222. The number of rotatable bonds is 3. The highest BCUT2D eigenvalue weighted by Crippen LogP contribution is 2.26. The Balaban J connectivity index is 1.90. The fourth-order valence-corrected chi connectivity index (χ4v) is 2.51. The second kappa shape index (κ2) is 5.83. The van der Waals surface area contributed by atoms with Crippen LogP contribution in [-0.2, 0) is 11.3 Å². The fraction of sp³-hybridized carbons (Fsp3) is 0.692. The summed E-state index contributed by atoms with van der Waals surface area (Å²) in [6.45, 7) is 2.41. The smallest absolute Gasteiger partial charge is 0.252 e. The van der Waals surface area contributed by atoms with Gasteiger partial charge < -0.3 is 4.90 Å². The Morgan fingerprint density at radius 3 is 2.79 bits per heavy atom. The number of nitriles is 1. The van der Waals surface area contributed by atoms with Gasteiger partial charge in [0.25, 0.3) is 5.82 Å². The molecule has 1 aromatic heterocycles. The van der Waals surface area contributed by atoms with E-state index in [1.165, 1.54) is 23.9 Å². The summed E-state index contributed by atoms with van der Waals surface area (Å²) in [5, 5.41) is 12.5. The minimum Gasteiger partial charge on any atom is -0.341 e. The molecule has 2 rings (SSSR count). The molecule has 1 aliphatic carbocycles. The van der Waals surface area contributed by atoms with Gasteiger partial charge in [-0.3, -0.25) is 4.79 Å². The van der Waals surface area contributed by atoms with Crippen LogP contribution < -0.4 is 0 Å². The number of likely N-dealkylation sites (N-methyl/N-ethyl adjacent to an activating group) is 1. The summed E-state index contributed by atoms with van der Waals surface area (Å²) >= 11 is 0. The third kappa shape index (κ3) is 3.31. The van der Waals surface area contributed by atoms with Gasteiger partial charge in [-0.05, 0) is 31.6 Å². The average Bonchev–Trinajstić information content (AvgIpc) is 2.86. The molecule has 1 heterocycles. The number of hydrogen-bond donors (Lipinski definition) is 0. The maximum absolute atomic E-state index is 12.1. The third-order valence-corrected chi connectivity index (χ3v) is 3.86. The van der Waals surface area contributed by atoms with E-state index in [1.807, 2.05) is 18.0 Å². The molecule has 1 aromatic rings. The van der Waals surface area contributed by atoms with E-state index in [2.05, 4.69) is 17.0 Å². The lowest BCUT2D eigenvalue weighted by Gasteiger charge is -2.33. The summed E-state index contributed by atoms with van der Waals surface area (Å²) in [6.07, 6.45) is 5.94. The number of carbonyl (C=O) groups excluding carboxylic acids is 1. The van der Waals surface area contributed by atoms with Crippen LogP contribution in [0.5, 0.6) is 0 Å². The Hall–Kier alpha value is -1.90. The van der Waals surface area contributed by atoms with E-state index in [4.69, 9.17) is 5.26 Å². The monoisotopic (exact) mass is 261 g/mol. The van der Waals surface area contributed by atoms with Gasteiger partial charge in [-0.1, -0.05) is 6.92 Å². The molecule has 6 heteroatoms. The molecule has 0 bridgehead atoms. The molecule has 1 amide bonds. The minimum atomic E-state index is 0.0222. The predicted octanol–water partition coefficient (Wildman–Crippen LogP) is 1.19. The number of hydrogen-bond acceptors (Lipinski definition) is 4. The molecule has 19 heavy (non-hydrogen) atoms. The Kier molecular flexibility index (Phi) is 4.15. The second-order valence-electron chi connectivity index (χ2n) is 5.30. The summed E-state index contributed by atoms with van der Waals surface area (Å²) in [6, 6.07) is 2.19. The van der Waals surface area contributed by atoms with Crippen molar-refractivity contribution in [1.82, 2.24) is 19.7 Å². The first-order valence-electron chi connectivity index (χ1n) is 6.65. The SMILES string of the molecule is CC1CCC(N(C)C(=O)Cn2cnc(C#N)n2)CC1. The molecule has 1 fully saturated rings. The lowest BCUT2D eigenvalue weighted by molar-refractivity contribution is -0.133. The van der Waals surface area contributed by atoms with Gasteiger partial charge in [0.15, 0.2) is 0 Å². The number of amides is 1. The lowest BCUT2D eigenvalue weighted by Crippen LogP contribution is -2.41. The topological polar surface area (TPSA) is 74.8 Å². The van der Waals surface area contributed by atoms with Crippen molar-refractivity contribution in [2.75, 3.05) is 7.05 Å². The van der Waals surface area contributed by atoms with Crippen molar-refractivity contribution in [3.8, 4) is 6.07 Å². The summed E-state index contributed by atoms with van der Waals surface area (Å²) in [5.74, 6) is 0.893. The summed E-state index contributed by atoms with van der Waals surface area (Å²) in [7, 11) is 1.85. The van der Waals surface area contributed by atoms with Crippen LogP contribution >= 0.6 is 0 Å². The first-order chi connectivity index (χ1) is 9.10. The van der Waals surface area contributed by atoms with E-state index in [0.717, 1.165) is 18.8 Å². The molecule has 0 spiro atoms. The Morgan fingerprint density at radius 2 is 2.21 bits per heavy atom. The van der Waals surface area contributed by atoms with Crippen molar-refractivity contribution in [1.29, 1.82) is 5.26 Å². The Labute approximate surface area is 113 Å². The van der Waals surface area contributed by atoms with Crippen LogP contribution in [0.4, 0.5) is 0 Å². The molecule has 0 atom stereocenters. The van der Waals surface area contributed by atoms with Crippen LogP contribution in [-0.4, -0.2) is 38.7 Å². The zero-order chi connectivity index (χ0) is 13.8. The van der Waals surface area contributed by atoms with Gasteiger partial charge in [-0.2, -0.15) is 5.26 Å². The van der Waals surface area contributed by atoms with Gasteiger partial charge in [-0.25, -0.2) is 9.67 Å². The molecule has 1 aliphatic rings. The average molecular weight is 261 g/mol. The van der Waals surface area contributed by atoms with Gasteiger partial charge in [0, 0.05) is 13.1 Å². The maximum atomic E-state index is 12.1. The predicted molar refractivity (Wildman–Crippen MR) is 68.9 cm³/mol. The van der Waals surface area contributed by atoms with Gasteiger partial charge >= 0.3 is 0 Å². The maximum Gasteiger partial charge on any atom is 0.252 e. The Bertz CT molecular complexity index is 481. The zero-order valence-electron chi connectivity index (χ0n) is 11.4. The number of nitrogens with zero attached hydrogens (tertiary/aromatic N) is 5. The van der Waals surface area contributed by atoms with Crippen LogP contribution in [0.25, 0.3) is 0 Å². The van der Waals surface area contributed by atoms with Crippen LogP contribution in [0, 0.1) is 17.2 Å². The van der Waals surface area contributed by atoms with Crippen molar-refractivity contribution in [2.45, 2.75) is 45.2 Å².